The summed E-state index contributed by atoms with van der Waals surface area (Å²) in [5.41, 5.74) is 1.17. The Morgan fingerprint density at radius 2 is 1.77 bits per heavy atom. The van der Waals surface area contributed by atoms with Crippen LogP contribution in [-0.4, -0.2) is 83.2 Å². The topological polar surface area (TPSA) is 138 Å². The number of benzene rings is 2. The van der Waals surface area contributed by atoms with Crippen molar-refractivity contribution in [3.63, 3.8) is 0 Å². The second-order valence-electron chi connectivity index (χ2n) is 8.60. The zero-order valence-corrected chi connectivity index (χ0v) is 23.2. The number of methoxy groups -OCH3 is 2. The summed E-state index contributed by atoms with van der Waals surface area (Å²) in [6.45, 7) is 2.83. The fourth-order valence-electron chi connectivity index (χ4n) is 3.97. The molecule has 0 aromatic heterocycles. The maximum Gasteiger partial charge on any atom is 0.373 e. The summed E-state index contributed by atoms with van der Waals surface area (Å²) in [5, 5.41) is 9.49. The van der Waals surface area contributed by atoms with Gasteiger partial charge in [-0.15, -0.1) is 0 Å². The molecule has 40 heavy (non-hydrogen) atoms. The van der Waals surface area contributed by atoms with Gasteiger partial charge in [0.1, 0.15) is 12.4 Å². The van der Waals surface area contributed by atoms with Gasteiger partial charge >= 0.3 is 11.9 Å². The van der Waals surface area contributed by atoms with E-state index in [2.05, 4.69) is 6.58 Å². The van der Waals surface area contributed by atoms with Crippen molar-refractivity contribution in [3.8, 4) is 5.75 Å². The highest BCUT2D eigenvalue weighted by Crippen LogP contribution is 2.32. The molecule has 0 amide bonds. The summed E-state index contributed by atoms with van der Waals surface area (Å²) in [5.74, 6) is -1.05. The van der Waals surface area contributed by atoms with Gasteiger partial charge in [0.25, 0.3) is 0 Å². The molecule has 2 aromatic rings. The average Bonchev–Trinajstić information content (AvgIpc) is 2.98. The van der Waals surface area contributed by atoms with Gasteiger partial charge in [-0.05, 0) is 48.0 Å². The number of nitrogens with zero attached hydrogens (tertiary/aromatic N) is 1. The van der Waals surface area contributed by atoms with E-state index in [0.717, 1.165) is 9.87 Å². The fraction of sp³-hybridized carbons (Fsp3) is 0.357. The van der Waals surface area contributed by atoms with Crippen LogP contribution in [0.2, 0.25) is 0 Å². The average molecular weight is 576 g/mol. The summed E-state index contributed by atoms with van der Waals surface area (Å²) in [6.07, 6.45) is 2.45. The van der Waals surface area contributed by atoms with Crippen molar-refractivity contribution in [2.45, 2.75) is 23.5 Å². The SMILES string of the molecule is C=CCOC(=O)C1=C[C@H](c2ccc(C(=O)OC)cc2)CC(OCCN(CCO)S(=O)(=O)c2ccc(OC)cc2)O1. The third-order valence-corrected chi connectivity index (χ3v) is 7.95. The lowest BCUT2D eigenvalue weighted by molar-refractivity contribution is -0.160. The van der Waals surface area contributed by atoms with E-state index in [1.54, 1.807) is 30.3 Å². The van der Waals surface area contributed by atoms with Crippen molar-refractivity contribution < 1.29 is 46.8 Å². The quantitative estimate of drug-likeness (QED) is 0.264. The maximum atomic E-state index is 13.2. The molecule has 0 spiro atoms. The van der Waals surface area contributed by atoms with E-state index < -0.39 is 28.3 Å². The Kier molecular flexibility index (Phi) is 11.3. The second kappa shape index (κ2) is 14.6. The van der Waals surface area contributed by atoms with Gasteiger partial charge in [-0.1, -0.05) is 24.8 Å². The van der Waals surface area contributed by atoms with Crippen molar-refractivity contribution in [3.05, 3.63) is 84.1 Å². The van der Waals surface area contributed by atoms with Crippen molar-refractivity contribution in [2.24, 2.45) is 0 Å². The Bertz CT molecular complexity index is 1290. The first-order chi connectivity index (χ1) is 19.2. The van der Waals surface area contributed by atoms with Crippen LogP contribution >= 0.6 is 0 Å². The largest absolute Gasteiger partial charge is 0.497 e. The molecule has 11 nitrogen and oxygen atoms in total. The Hall–Kier alpha value is -3.71. The van der Waals surface area contributed by atoms with Crippen molar-refractivity contribution >= 4 is 22.0 Å². The zero-order chi connectivity index (χ0) is 29.1. The van der Waals surface area contributed by atoms with Crippen LogP contribution in [-0.2, 0) is 33.8 Å². The Labute approximate surface area is 233 Å². The minimum Gasteiger partial charge on any atom is -0.497 e. The van der Waals surface area contributed by atoms with Gasteiger partial charge in [0.05, 0.1) is 37.9 Å². The number of sulfonamides is 1. The van der Waals surface area contributed by atoms with E-state index in [0.29, 0.717) is 17.7 Å². The van der Waals surface area contributed by atoms with Crippen LogP contribution < -0.4 is 4.74 Å². The summed E-state index contributed by atoms with van der Waals surface area (Å²) >= 11 is 0. The molecule has 0 saturated heterocycles. The maximum absolute atomic E-state index is 13.2. The lowest BCUT2D eigenvalue weighted by Crippen LogP contribution is -2.37. The summed E-state index contributed by atoms with van der Waals surface area (Å²) < 4.78 is 54.0. The minimum atomic E-state index is -3.93. The van der Waals surface area contributed by atoms with E-state index in [4.69, 9.17) is 23.7 Å². The molecule has 0 bridgehead atoms. The monoisotopic (exact) mass is 575 g/mol. The van der Waals surface area contributed by atoms with Crippen LogP contribution in [0.4, 0.5) is 0 Å². The predicted molar refractivity (Wildman–Crippen MR) is 144 cm³/mol. The van der Waals surface area contributed by atoms with Gasteiger partial charge in [0, 0.05) is 25.4 Å². The van der Waals surface area contributed by atoms with Crippen molar-refractivity contribution in [1.29, 1.82) is 0 Å². The third kappa shape index (κ3) is 7.92. The molecule has 1 unspecified atom stereocenters. The summed E-state index contributed by atoms with van der Waals surface area (Å²) in [4.78, 5) is 24.4. The highest BCUT2D eigenvalue weighted by Gasteiger charge is 2.31. The van der Waals surface area contributed by atoms with Gasteiger partial charge in [-0.2, -0.15) is 4.31 Å². The van der Waals surface area contributed by atoms with Crippen LogP contribution in [0.25, 0.3) is 0 Å². The van der Waals surface area contributed by atoms with E-state index >= 15 is 0 Å². The number of hydrogen-bond acceptors (Lipinski definition) is 10. The van der Waals surface area contributed by atoms with Crippen LogP contribution in [0, 0.1) is 0 Å². The lowest BCUT2D eigenvalue weighted by Gasteiger charge is -2.30. The smallest absolute Gasteiger partial charge is 0.373 e. The number of carbonyl (C=O) groups excluding carboxylic acids is 2. The van der Waals surface area contributed by atoms with E-state index in [1.165, 1.54) is 44.6 Å². The second-order valence-corrected chi connectivity index (χ2v) is 10.5. The van der Waals surface area contributed by atoms with Gasteiger partial charge in [-0.25, -0.2) is 18.0 Å². The molecular formula is C28H33NO10S. The number of rotatable bonds is 14. The summed E-state index contributed by atoms with van der Waals surface area (Å²) in [7, 11) is -1.15. The molecule has 0 saturated carbocycles. The van der Waals surface area contributed by atoms with Crippen LogP contribution in [0.15, 0.2) is 77.9 Å². The molecule has 216 valence electrons. The van der Waals surface area contributed by atoms with E-state index in [9.17, 15) is 23.1 Å². The molecule has 0 fully saturated rings. The number of ether oxygens (including phenoxy) is 5. The first-order valence-corrected chi connectivity index (χ1v) is 13.9. The first kappa shape index (κ1) is 30.8. The predicted octanol–water partition coefficient (Wildman–Crippen LogP) is 2.62. The third-order valence-electron chi connectivity index (χ3n) is 6.04. The minimum absolute atomic E-state index is 0.0110. The molecule has 0 aliphatic carbocycles. The molecule has 1 aliphatic heterocycles. The van der Waals surface area contributed by atoms with Gasteiger partial charge < -0.3 is 28.8 Å². The lowest BCUT2D eigenvalue weighted by atomic mass is 9.92. The number of aliphatic hydroxyl groups is 1. The molecule has 0 radical (unpaired) electrons. The fourth-order valence-corrected chi connectivity index (χ4v) is 5.39. The van der Waals surface area contributed by atoms with Crippen molar-refractivity contribution in [1.82, 2.24) is 4.31 Å². The standard InChI is InChI=1S/C28H33NO10S/c1-4-16-38-28(32)25-18-22(20-5-7-21(8-6-20)27(31)36-3)19-26(39-25)37-17-14-29(13-15-30)40(33,34)24-11-9-23(35-2)10-12-24/h4-12,18,22,26,30H,1,13-17,19H2,2-3H3/t22-,26?/m0/s1. The van der Waals surface area contributed by atoms with Gasteiger partial charge in [-0.3, -0.25) is 0 Å². The van der Waals surface area contributed by atoms with Crippen LogP contribution in [0.3, 0.4) is 0 Å². The molecule has 12 heteroatoms. The number of carbonyl (C=O) groups is 2. The highest BCUT2D eigenvalue weighted by atomic mass is 32.2. The Morgan fingerprint density at radius 3 is 2.38 bits per heavy atom. The number of esters is 2. The van der Waals surface area contributed by atoms with Gasteiger partial charge in [0.15, 0.2) is 0 Å². The zero-order valence-electron chi connectivity index (χ0n) is 22.4. The highest BCUT2D eigenvalue weighted by molar-refractivity contribution is 7.89. The number of hydrogen-bond donors (Lipinski definition) is 1. The van der Waals surface area contributed by atoms with E-state index in [-0.39, 0.29) is 49.5 Å². The molecule has 2 atom stereocenters. The number of allylic oxidation sites excluding steroid dienone is 1. The van der Waals surface area contributed by atoms with Crippen LogP contribution in [0.5, 0.6) is 5.75 Å². The Balaban J connectivity index is 1.73. The molecule has 1 heterocycles. The number of aliphatic hydroxyl groups excluding tert-OH is 1. The molecule has 1 aliphatic rings. The molecule has 3 rings (SSSR count). The Morgan fingerprint density at radius 1 is 1.07 bits per heavy atom. The van der Waals surface area contributed by atoms with E-state index in [1.807, 2.05) is 0 Å². The van der Waals surface area contributed by atoms with Gasteiger partial charge in [0.2, 0.25) is 22.1 Å². The normalized spacial score (nSPS) is 16.9. The molecular weight excluding hydrogens is 542 g/mol. The molecule has 1 N–H and O–H groups in total. The van der Waals surface area contributed by atoms with Crippen molar-refractivity contribution in [2.75, 3.05) is 47.1 Å². The molecule has 2 aromatic carbocycles. The summed E-state index contributed by atoms with van der Waals surface area (Å²) in [6, 6.07) is 12.6. The first-order valence-electron chi connectivity index (χ1n) is 12.4. The van der Waals surface area contributed by atoms with Crippen LogP contribution in [0.1, 0.15) is 28.3 Å².